The Morgan fingerprint density at radius 3 is 2.58 bits per heavy atom. The average Bonchev–Trinajstić information content (AvgIpc) is 3.21. The van der Waals surface area contributed by atoms with E-state index in [1.165, 1.54) is 44.6 Å². The van der Waals surface area contributed by atoms with Gasteiger partial charge in [-0.15, -0.1) is 0 Å². The van der Waals surface area contributed by atoms with Crippen LogP contribution in [0.25, 0.3) is 21.7 Å². The molecule has 0 bridgehead atoms. The minimum atomic E-state index is -2.87. The summed E-state index contributed by atoms with van der Waals surface area (Å²) in [6.45, 7) is -0.181. The van der Waals surface area contributed by atoms with Crippen molar-refractivity contribution in [3.8, 4) is 11.5 Å². The van der Waals surface area contributed by atoms with E-state index >= 15 is 0 Å². The lowest BCUT2D eigenvalue weighted by Gasteiger charge is -2.18. The molecule has 4 nitrogen and oxygen atoms in total. The number of halogens is 2. The summed E-state index contributed by atoms with van der Waals surface area (Å²) in [6, 6.07) is 27.8. The third-order valence-corrected chi connectivity index (χ3v) is 6.89. The van der Waals surface area contributed by atoms with Crippen LogP contribution in [-0.2, 0) is 26.1 Å². The molecule has 0 radical (unpaired) electrons. The van der Waals surface area contributed by atoms with E-state index in [0.29, 0.717) is 11.3 Å². The maximum Gasteiger partial charge on any atom is 0.387 e. The molecule has 1 aliphatic rings. The highest BCUT2D eigenvalue weighted by atomic mass is 19.3. The first-order valence-corrected chi connectivity index (χ1v) is 12.1. The molecular weight excluding hydrogens is 458 g/mol. The zero-order valence-corrected chi connectivity index (χ0v) is 19.7. The van der Waals surface area contributed by atoms with E-state index < -0.39 is 6.61 Å². The molecule has 0 atom stereocenters. The molecule has 4 aromatic carbocycles. The Kier molecular flexibility index (Phi) is 6.03. The van der Waals surface area contributed by atoms with Crippen LogP contribution >= 0.6 is 0 Å². The highest BCUT2D eigenvalue weighted by Gasteiger charge is 2.21. The highest BCUT2D eigenvalue weighted by molar-refractivity contribution is 5.89. The molecule has 1 N–H and O–H groups in total. The second-order valence-corrected chi connectivity index (χ2v) is 9.03. The summed E-state index contributed by atoms with van der Waals surface area (Å²) in [5, 5.41) is 7.21. The Morgan fingerprint density at radius 2 is 1.67 bits per heavy atom. The molecule has 6 rings (SSSR count). The SMILES string of the molecule is FC(F)Oc1ccccc1COc1ccc2c(c1)c1c(n2Cc2cccc3ccccc23)CNCC1. The van der Waals surface area contributed by atoms with Gasteiger partial charge in [0.25, 0.3) is 0 Å². The van der Waals surface area contributed by atoms with Crippen LogP contribution < -0.4 is 14.8 Å². The van der Waals surface area contributed by atoms with E-state index in [4.69, 9.17) is 4.74 Å². The van der Waals surface area contributed by atoms with E-state index in [1.807, 2.05) is 6.07 Å². The van der Waals surface area contributed by atoms with Crippen molar-refractivity contribution in [3.05, 3.63) is 107 Å². The summed E-state index contributed by atoms with van der Waals surface area (Å²) >= 11 is 0. The smallest absolute Gasteiger partial charge is 0.387 e. The fourth-order valence-electron chi connectivity index (χ4n) is 5.22. The Labute approximate surface area is 208 Å². The van der Waals surface area contributed by atoms with Gasteiger partial charge in [0.1, 0.15) is 18.1 Å². The lowest BCUT2D eigenvalue weighted by Crippen LogP contribution is -2.25. The first-order chi connectivity index (χ1) is 17.7. The second kappa shape index (κ2) is 9.63. The first kappa shape index (κ1) is 22.6. The van der Waals surface area contributed by atoms with E-state index in [2.05, 4.69) is 69.2 Å². The third kappa shape index (κ3) is 4.29. The van der Waals surface area contributed by atoms with Crippen molar-refractivity contribution in [1.82, 2.24) is 9.88 Å². The molecule has 0 unspecified atom stereocenters. The predicted octanol–water partition coefficient (Wildman–Crippen LogP) is 6.67. The zero-order chi connectivity index (χ0) is 24.5. The number of hydrogen-bond donors (Lipinski definition) is 1. The summed E-state index contributed by atoms with van der Waals surface area (Å²) in [6.07, 6.45) is 0.947. The van der Waals surface area contributed by atoms with Gasteiger partial charge >= 0.3 is 6.61 Å². The summed E-state index contributed by atoms with van der Waals surface area (Å²) < 4.78 is 38.7. The number of alkyl halides is 2. The molecule has 36 heavy (non-hydrogen) atoms. The predicted molar refractivity (Wildman–Crippen MR) is 138 cm³/mol. The van der Waals surface area contributed by atoms with Gasteiger partial charge in [0, 0.05) is 35.2 Å². The Balaban J connectivity index is 1.34. The fourth-order valence-corrected chi connectivity index (χ4v) is 5.22. The van der Waals surface area contributed by atoms with Gasteiger partial charge in [-0.3, -0.25) is 0 Å². The maximum absolute atomic E-state index is 12.8. The van der Waals surface area contributed by atoms with Crippen LogP contribution in [0.15, 0.2) is 84.9 Å². The Morgan fingerprint density at radius 1 is 0.861 bits per heavy atom. The van der Waals surface area contributed by atoms with Crippen molar-refractivity contribution < 1.29 is 18.3 Å². The molecule has 0 saturated heterocycles. The van der Waals surface area contributed by atoms with Gasteiger partial charge in [0.15, 0.2) is 0 Å². The van der Waals surface area contributed by atoms with Crippen LogP contribution in [0.5, 0.6) is 11.5 Å². The third-order valence-electron chi connectivity index (χ3n) is 6.89. The summed E-state index contributed by atoms with van der Waals surface area (Å²) in [7, 11) is 0. The number of nitrogens with one attached hydrogen (secondary N) is 1. The van der Waals surface area contributed by atoms with Crippen LogP contribution in [0.1, 0.15) is 22.4 Å². The quantitative estimate of drug-likeness (QED) is 0.280. The van der Waals surface area contributed by atoms with Crippen LogP contribution in [0, 0.1) is 0 Å². The van der Waals surface area contributed by atoms with E-state index in [0.717, 1.165) is 26.1 Å². The number of fused-ring (bicyclic) bond motifs is 4. The van der Waals surface area contributed by atoms with Gasteiger partial charge in [-0.2, -0.15) is 8.78 Å². The van der Waals surface area contributed by atoms with Crippen molar-refractivity contribution in [2.45, 2.75) is 32.7 Å². The van der Waals surface area contributed by atoms with Crippen molar-refractivity contribution >= 4 is 21.7 Å². The topological polar surface area (TPSA) is 35.4 Å². The lowest BCUT2D eigenvalue weighted by atomic mass is 10.0. The number of aromatic nitrogens is 1. The molecule has 6 heteroatoms. The molecule has 0 aliphatic carbocycles. The second-order valence-electron chi connectivity index (χ2n) is 9.03. The van der Waals surface area contributed by atoms with Gasteiger partial charge in [0.2, 0.25) is 0 Å². The Hall–Kier alpha value is -3.90. The number of para-hydroxylation sites is 1. The van der Waals surface area contributed by atoms with Gasteiger partial charge in [-0.05, 0) is 59.1 Å². The largest absolute Gasteiger partial charge is 0.489 e. The van der Waals surface area contributed by atoms with Crippen LogP contribution in [0.2, 0.25) is 0 Å². The number of nitrogens with zero attached hydrogens (tertiary/aromatic N) is 1. The van der Waals surface area contributed by atoms with E-state index in [9.17, 15) is 8.78 Å². The molecular formula is C30H26F2N2O2. The fraction of sp³-hybridized carbons (Fsp3) is 0.200. The van der Waals surface area contributed by atoms with Crippen molar-refractivity contribution in [1.29, 1.82) is 0 Å². The minimum absolute atomic E-state index is 0.137. The molecule has 1 aromatic heterocycles. The summed E-state index contributed by atoms with van der Waals surface area (Å²) in [5.74, 6) is 0.844. The molecule has 0 saturated carbocycles. The van der Waals surface area contributed by atoms with Gasteiger partial charge < -0.3 is 19.4 Å². The van der Waals surface area contributed by atoms with Gasteiger partial charge in [-0.1, -0.05) is 60.7 Å². The Bertz CT molecular complexity index is 1540. The minimum Gasteiger partial charge on any atom is -0.489 e. The normalized spacial score (nSPS) is 13.3. The molecule has 5 aromatic rings. The first-order valence-electron chi connectivity index (χ1n) is 12.1. The number of hydrogen-bond acceptors (Lipinski definition) is 3. The average molecular weight is 485 g/mol. The van der Waals surface area contributed by atoms with E-state index in [1.54, 1.807) is 18.2 Å². The standard InChI is InChI=1S/C30H26F2N2O2/c31-30(32)36-29-11-4-2-7-22(29)19-35-23-12-13-27-26(16-23)25-14-15-33-17-28(25)34(27)18-21-9-5-8-20-6-1-3-10-24(20)21/h1-13,16,30,33H,14-15,17-19H2. The van der Waals surface area contributed by atoms with Gasteiger partial charge in [-0.25, -0.2) is 0 Å². The summed E-state index contributed by atoms with van der Waals surface area (Å²) in [5.41, 5.74) is 5.69. The van der Waals surface area contributed by atoms with Gasteiger partial charge in [0.05, 0.1) is 0 Å². The zero-order valence-electron chi connectivity index (χ0n) is 19.7. The monoisotopic (exact) mass is 484 g/mol. The summed E-state index contributed by atoms with van der Waals surface area (Å²) in [4.78, 5) is 0. The molecule has 2 heterocycles. The highest BCUT2D eigenvalue weighted by Crippen LogP contribution is 2.33. The molecule has 0 amide bonds. The molecule has 0 spiro atoms. The molecule has 1 aliphatic heterocycles. The van der Waals surface area contributed by atoms with Crippen molar-refractivity contribution in [3.63, 3.8) is 0 Å². The maximum atomic E-state index is 12.8. The molecule has 0 fully saturated rings. The van der Waals surface area contributed by atoms with Crippen LogP contribution in [0.4, 0.5) is 8.78 Å². The van der Waals surface area contributed by atoms with Crippen molar-refractivity contribution in [2.24, 2.45) is 0 Å². The van der Waals surface area contributed by atoms with E-state index in [-0.39, 0.29) is 12.4 Å². The van der Waals surface area contributed by atoms with Crippen LogP contribution in [-0.4, -0.2) is 17.7 Å². The molecule has 182 valence electrons. The van der Waals surface area contributed by atoms with Crippen LogP contribution in [0.3, 0.4) is 0 Å². The van der Waals surface area contributed by atoms with Crippen molar-refractivity contribution in [2.75, 3.05) is 6.54 Å². The number of rotatable bonds is 7. The number of benzene rings is 4. The number of ether oxygens (including phenoxy) is 2. The lowest BCUT2D eigenvalue weighted by molar-refractivity contribution is -0.0508.